The Morgan fingerprint density at radius 1 is 1.10 bits per heavy atom. The highest BCUT2D eigenvalue weighted by Gasteiger charge is 2.21. The van der Waals surface area contributed by atoms with E-state index in [1.165, 1.54) is 5.56 Å². The zero-order chi connectivity index (χ0) is 15.1. The predicted molar refractivity (Wildman–Crippen MR) is 80.8 cm³/mol. The van der Waals surface area contributed by atoms with Crippen LogP contribution in [0, 0.1) is 0 Å². The van der Waals surface area contributed by atoms with Crippen molar-refractivity contribution in [1.82, 2.24) is 15.1 Å². The van der Waals surface area contributed by atoms with Gasteiger partial charge in [0.15, 0.2) is 0 Å². The zero-order valence-corrected chi connectivity index (χ0v) is 12.1. The Morgan fingerprint density at radius 3 is 2.38 bits per heavy atom. The second-order valence-electron chi connectivity index (χ2n) is 5.20. The highest BCUT2D eigenvalue weighted by Crippen LogP contribution is 2.02. The Labute approximate surface area is 124 Å². The van der Waals surface area contributed by atoms with Crippen LogP contribution in [0.25, 0.3) is 0 Å². The van der Waals surface area contributed by atoms with E-state index in [1.54, 1.807) is 4.90 Å². The average Bonchev–Trinajstić information content (AvgIpc) is 2.48. The number of rotatable bonds is 5. The fourth-order valence-electron chi connectivity index (χ4n) is 2.40. The number of hydrogen-bond acceptors (Lipinski definition) is 3. The minimum absolute atomic E-state index is 0.0374. The number of urea groups is 1. The van der Waals surface area contributed by atoms with E-state index in [-0.39, 0.29) is 18.5 Å². The van der Waals surface area contributed by atoms with Gasteiger partial charge in [-0.3, -0.25) is 9.69 Å². The molecule has 1 aliphatic heterocycles. The number of primary amides is 1. The lowest BCUT2D eigenvalue weighted by molar-refractivity contribution is -0.119. The summed E-state index contributed by atoms with van der Waals surface area (Å²) in [5.41, 5.74) is 6.38. The van der Waals surface area contributed by atoms with Gasteiger partial charge in [-0.2, -0.15) is 0 Å². The smallest absolute Gasteiger partial charge is 0.317 e. The minimum atomic E-state index is -0.323. The Morgan fingerprint density at radius 2 is 1.76 bits per heavy atom. The van der Waals surface area contributed by atoms with Crippen molar-refractivity contribution in [3.05, 3.63) is 35.9 Å². The van der Waals surface area contributed by atoms with Gasteiger partial charge in [-0.15, -0.1) is 0 Å². The van der Waals surface area contributed by atoms with E-state index in [0.717, 1.165) is 6.42 Å². The molecular weight excluding hydrogens is 268 g/mol. The van der Waals surface area contributed by atoms with E-state index >= 15 is 0 Å². The lowest BCUT2D eigenvalue weighted by atomic mass is 10.1. The van der Waals surface area contributed by atoms with Crippen LogP contribution in [0.1, 0.15) is 5.56 Å². The predicted octanol–water partition coefficient (Wildman–Crippen LogP) is 0.0416. The SMILES string of the molecule is NC(=O)CN1CCN(C(=O)NCCc2ccccc2)CC1. The van der Waals surface area contributed by atoms with Crippen LogP contribution in [0.5, 0.6) is 0 Å². The van der Waals surface area contributed by atoms with Crippen molar-refractivity contribution in [2.75, 3.05) is 39.3 Å². The van der Waals surface area contributed by atoms with Crippen LogP contribution in [0.3, 0.4) is 0 Å². The summed E-state index contributed by atoms with van der Waals surface area (Å²) < 4.78 is 0. The van der Waals surface area contributed by atoms with Crippen LogP contribution < -0.4 is 11.1 Å². The molecule has 6 heteroatoms. The van der Waals surface area contributed by atoms with Crippen LogP contribution in [-0.4, -0.2) is 61.0 Å². The molecule has 0 spiro atoms. The highest BCUT2D eigenvalue weighted by atomic mass is 16.2. The van der Waals surface area contributed by atoms with Crippen molar-refractivity contribution in [3.8, 4) is 0 Å². The fraction of sp³-hybridized carbons (Fsp3) is 0.467. The summed E-state index contributed by atoms with van der Waals surface area (Å²) in [6, 6.07) is 10.0. The Balaban J connectivity index is 1.67. The third-order valence-corrected chi connectivity index (χ3v) is 3.57. The molecule has 0 radical (unpaired) electrons. The Kier molecular flexibility index (Phi) is 5.57. The standard InChI is InChI=1S/C15H22N4O2/c16-14(20)12-18-8-10-19(11-9-18)15(21)17-7-6-13-4-2-1-3-5-13/h1-5H,6-12H2,(H2,16,20)(H,17,21). The van der Waals surface area contributed by atoms with Crippen molar-refractivity contribution >= 4 is 11.9 Å². The molecule has 0 atom stereocenters. The molecule has 0 aliphatic carbocycles. The van der Waals surface area contributed by atoms with Crippen molar-refractivity contribution in [2.45, 2.75) is 6.42 Å². The number of carbonyl (C=O) groups excluding carboxylic acids is 2. The van der Waals surface area contributed by atoms with Gasteiger partial charge in [0.2, 0.25) is 5.91 Å². The molecule has 0 bridgehead atoms. The normalized spacial score (nSPS) is 15.7. The maximum atomic E-state index is 12.0. The van der Waals surface area contributed by atoms with Crippen LogP contribution >= 0.6 is 0 Å². The van der Waals surface area contributed by atoms with E-state index in [2.05, 4.69) is 17.4 Å². The van der Waals surface area contributed by atoms with Crippen molar-refractivity contribution in [1.29, 1.82) is 0 Å². The Bertz CT molecular complexity index is 470. The quantitative estimate of drug-likeness (QED) is 0.804. The van der Waals surface area contributed by atoms with Gasteiger partial charge in [0.05, 0.1) is 6.54 Å². The topological polar surface area (TPSA) is 78.7 Å². The Hall–Kier alpha value is -2.08. The molecule has 0 unspecified atom stereocenters. The van der Waals surface area contributed by atoms with Crippen LogP contribution in [-0.2, 0) is 11.2 Å². The molecule has 1 fully saturated rings. The molecule has 1 aromatic rings. The number of carbonyl (C=O) groups is 2. The van der Waals surface area contributed by atoms with E-state index < -0.39 is 0 Å². The summed E-state index contributed by atoms with van der Waals surface area (Å²) >= 11 is 0. The third kappa shape index (κ3) is 5.07. The molecule has 1 aliphatic rings. The second-order valence-corrected chi connectivity index (χ2v) is 5.20. The average molecular weight is 290 g/mol. The fourth-order valence-corrected chi connectivity index (χ4v) is 2.40. The molecule has 2 rings (SSSR count). The molecular formula is C15H22N4O2. The van der Waals surface area contributed by atoms with Crippen molar-refractivity contribution < 1.29 is 9.59 Å². The van der Waals surface area contributed by atoms with E-state index in [1.807, 2.05) is 23.1 Å². The summed E-state index contributed by atoms with van der Waals surface area (Å²) in [5, 5.41) is 2.93. The molecule has 0 saturated carbocycles. The van der Waals surface area contributed by atoms with Crippen molar-refractivity contribution in [2.24, 2.45) is 5.73 Å². The first kappa shape index (κ1) is 15.3. The van der Waals surface area contributed by atoms with Gasteiger partial charge in [-0.05, 0) is 12.0 Å². The maximum Gasteiger partial charge on any atom is 0.317 e. The molecule has 6 nitrogen and oxygen atoms in total. The first-order valence-electron chi connectivity index (χ1n) is 7.22. The van der Waals surface area contributed by atoms with Gasteiger partial charge in [-0.25, -0.2) is 4.79 Å². The third-order valence-electron chi connectivity index (χ3n) is 3.57. The lowest BCUT2D eigenvalue weighted by Crippen LogP contribution is -2.53. The number of nitrogens with one attached hydrogen (secondary N) is 1. The van der Waals surface area contributed by atoms with Gasteiger partial charge in [0.25, 0.3) is 0 Å². The van der Waals surface area contributed by atoms with Gasteiger partial charge >= 0.3 is 6.03 Å². The maximum absolute atomic E-state index is 12.0. The number of amides is 3. The van der Waals surface area contributed by atoms with Crippen LogP contribution in [0.2, 0.25) is 0 Å². The summed E-state index contributed by atoms with van der Waals surface area (Å²) in [7, 11) is 0. The molecule has 3 amide bonds. The lowest BCUT2D eigenvalue weighted by Gasteiger charge is -2.33. The largest absolute Gasteiger partial charge is 0.369 e. The second kappa shape index (κ2) is 7.64. The molecule has 1 heterocycles. The summed E-state index contributed by atoms with van der Waals surface area (Å²) in [4.78, 5) is 26.6. The summed E-state index contributed by atoms with van der Waals surface area (Å²) in [6.07, 6.45) is 0.828. The van der Waals surface area contributed by atoms with E-state index in [4.69, 9.17) is 5.73 Å². The number of piperazine rings is 1. The molecule has 1 aromatic carbocycles. The molecule has 3 N–H and O–H groups in total. The van der Waals surface area contributed by atoms with Crippen LogP contribution in [0.4, 0.5) is 4.79 Å². The minimum Gasteiger partial charge on any atom is -0.369 e. The zero-order valence-electron chi connectivity index (χ0n) is 12.1. The van der Waals surface area contributed by atoms with Gasteiger partial charge < -0.3 is 16.0 Å². The van der Waals surface area contributed by atoms with Crippen molar-refractivity contribution in [3.63, 3.8) is 0 Å². The number of nitrogens with two attached hydrogens (primary N) is 1. The highest BCUT2D eigenvalue weighted by molar-refractivity contribution is 5.76. The number of hydrogen-bond donors (Lipinski definition) is 2. The summed E-state index contributed by atoms with van der Waals surface area (Å²) in [5.74, 6) is -0.323. The molecule has 1 saturated heterocycles. The summed E-state index contributed by atoms with van der Waals surface area (Å²) in [6.45, 7) is 3.53. The molecule has 21 heavy (non-hydrogen) atoms. The van der Waals surface area contributed by atoms with Gasteiger partial charge in [0.1, 0.15) is 0 Å². The van der Waals surface area contributed by atoms with Crippen LogP contribution in [0.15, 0.2) is 30.3 Å². The molecule has 0 aromatic heterocycles. The number of nitrogens with zero attached hydrogens (tertiary/aromatic N) is 2. The number of benzene rings is 1. The first-order chi connectivity index (χ1) is 10.1. The van der Waals surface area contributed by atoms with Gasteiger partial charge in [-0.1, -0.05) is 30.3 Å². The van der Waals surface area contributed by atoms with E-state index in [0.29, 0.717) is 32.7 Å². The monoisotopic (exact) mass is 290 g/mol. The first-order valence-corrected chi connectivity index (χ1v) is 7.22. The van der Waals surface area contributed by atoms with E-state index in [9.17, 15) is 9.59 Å². The molecule has 114 valence electrons. The van der Waals surface area contributed by atoms with Gasteiger partial charge in [0, 0.05) is 32.7 Å².